The molecule has 0 aliphatic heterocycles. The van der Waals surface area contributed by atoms with Crippen molar-refractivity contribution in [2.24, 2.45) is 7.05 Å². The van der Waals surface area contributed by atoms with Crippen LogP contribution in [0.15, 0.2) is 24.4 Å². The molecule has 166 valence electrons. The van der Waals surface area contributed by atoms with Gasteiger partial charge >= 0.3 is 6.18 Å². The van der Waals surface area contributed by atoms with E-state index in [2.05, 4.69) is 10.7 Å². The smallest absolute Gasteiger partial charge is 0.343 e. The van der Waals surface area contributed by atoms with Gasteiger partial charge in [-0.15, -0.1) is 4.83 Å². The number of aryl methyl sites for hydroxylation is 1. The molecule has 2 rings (SSSR count). The quantitative estimate of drug-likeness (QED) is 0.351. The lowest BCUT2D eigenvalue weighted by Crippen LogP contribution is -2.49. The summed E-state index contributed by atoms with van der Waals surface area (Å²) in [5.74, 6) is -1.41. The highest BCUT2D eigenvalue weighted by molar-refractivity contribution is 7.87. The third kappa shape index (κ3) is 5.98. The highest BCUT2D eigenvalue weighted by Gasteiger charge is 2.38. The largest absolute Gasteiger partial charge is 0.404 e. The summed E-state index contributed by atoms with van der Waals surface area (Å²) in [5, 5.41) is 1.99. The van der Waals surface area contributed by atoms with Gasteiger partial charge in [0.15, 0.2) is 0 Å². The maximum absolute atomic E-state index is 13.2. The van der Waals surface area contributed by atoms with Crippen molar-refractivity contribution in [2.75, 3.05) is 10.7 Å². The van der Waals surface area contributed by atoms with Gasteiger partial charge in [-0.25, -0.2) is 4.39 Å². The van der Waals surface area contributed by atoms with Gasteiger partial charge in [0.1, 0.15) is 17.6 Å². The van der Waals surface area contributed by atoms with Crippen LogP contribution in [-0.2, 0) is 17.3 Å². The number of halogens is 6. The highest BCUT2D eigenvalue weighted by atomic mass is 35.5. The summed E-state index contributed by atoms with van der Waals surface area (Å²) in [4.78, 5) is 14.1. The summed E-state index contributed by atoms with van der Waals surface area (Å²) in [5.41, 5.74) is 2.09. The Balaban J connectivity index is 2.13. The molecule has 1 heterocycles. The number of hydrogen-bond donors (Lipinski definition) is 4. The Morgan fingerprint density at radius 2 is 1.87 bits per heavy atom. The van der Waals surface area contributed by atoms with Crippen molar-refractivity contribution >= 4 is 50.7 Å². The summed E-state index contributed by atoms with van der Waals surface area (Å²) in [6.07, 6.45) is -3.56. The van der Waals surface area contributed by atoms with E-state index < -0.39 is 34.2 Å². The molecule has 4 N–H and O–H groups in total. The molecule has 0 spiro atoms. The number of alkyl halides is 3. The summed E-state index contributed by atoms with van der Waals surface area (Å²) in [6, 6.07) is 1.14. The van der Waals surface area contributed by atoms with Gasteiger partial charge in [-0.05, 0) is 25.1 Å². The first-order chi connectivity index (χ1) is 13.7. The van der Waals surface area contributed by atoms with Crippen LogP contribution in [0.3, 0.4) is 0 Å². The maximum Gasteiger partial charge on any atom is 0.404 e. The number of amides is 1. The summed E-state index contributed by atoms with van der Waals surface area (Å²) in [7, 11) is -3.19. The Labute approximate surface area is 178 Å². The van der Waals surface area contributed by atoms with E-state index in [0.717, 1.165) is 6.07 Å². The van der Waals surface area contributed by atoms with E-state index in [4.69, 9.17) is 23.2 Å². The highest BCUT2D eigenvalue weighted by Crippen LogP contribution is 2.29. The van der Waals surface area contributed by atoms with Crippen LogP contribution in [0.1, 0.15) is 17.4 Å². The van der Waals surface area contributed by atoms with Gasteiger partial charge in [0.2, 0.25) is 0 Å². The van der Waals surface area contributed by atoms with Crippen molar-refractivity contribution < 1.29 is 30.8 Å². The molecule has 0 radical (unpaired) electrons. The summed E-state index contributed by atoms with van der Waals surface area (Å²) in [6.45, 7) is 0.624. The Hall–Kier alpha value is -2.06. The van der Waals surface area contributed by atoms with Crippen molar-refractivity contribution in [2.45, 2.75) is 19.1 Å². The van der Waals surface area contributed by atoms with Crippen LogP contribution < -0.4 is 20.3 Å². The number of hydrogen-bond acceptors (Lipinski definition) is 4. The standard InChI is InChI=1S/C15H15Cl2F4N5O3S/c1-7(15(19,20)21)24-30(28,29)25-23-11-6-26(2)13(12(11)17)14(27)22-8-3-4-10(18)9(16)5-8/h3-7,23-25H,1-2H3,(H,22,27). The van der Waals surface area contributed by atoms with Crippen molar-refractivity contribution in [3.05, 3.63) is 46.0 Å². The Morgan fingerprint density at radius 1 is 1.23 bits per heavy atom. The van der Waals surface area contributed by atoms with Crippen LogP contribution in [0.25, 0.3) is 0 Å². The van der Waals surface area contributed by atoms with Gasteiger partial charge in [-0.1, -0.05) is 23.2 Å². The minimum atomic E-state index is -4.78. The zero-order valence-corrected chi connectivity index (χ0v) is 17.6. The van der Waals surface area contributed by atoms with E-state index in [1.165, 1.54) is 34.7 Å². The van der Waals surface area contributed by atoms with Gasteiger partial charge in [0.05, 0.1) is 15.7 Å². The second kappa shape index (κ2) is 8.98. The number of aromatic nitrogens is 1. The zero-order chi connectivity index (χ0) is 22.9. The molecule has 1 atom stereocenters. The van der Waals surface area contributed by atoms with Crippen LogP contribution in [-0.4, -0.2) is 31.1 Å². The molecule has 1 unspecified atom stereocenters. The lowest BCUT2D eigenvalue weighted by Gasteiger charge is -2.17. The average Bonchev–Trinajstić information content (AvgIpc) is 2.89. The van der Waals surface area contributed by atoms with E-state index >= 15 is 0 Å². The molecule has 0 bridgehead atoms. The van der Waals surface area contributed by atoms with E-state index in [1.807, 2.05) is 0 Å². The molecule has 1 amide bonds. The number of nitrogens with zero attached hydrogens (tertiary/aromatic N) is 1. The summed E-state index contributed by atoms with van der Waals surface area (Å²) >= 11 is 11.7. The normalized spacial score (nSPS) is 13.2. The van der Waals surface area contributed by atoms with Crippen molar-refractivity contribution in [3.63, 3.8) is 0 Å². The number of hydrazine groups is 1. The predicted octanol–water partition coefficient (Wildman–Crippen LogP) is 3.43. The SMILES string of the molecule is CC(NS(=O)(=O)NNc1cn(C)c(C(=O)Nc2ccc(F)c(Cl)c2)c1Cl)C(F)(F)F. The van der Waals surface area contributed by atoms with E-state index in [0.29, 0.717) is 6.92 Å². The predicted molar refractivity (Wildman–Crippen MR) is 104 cm³/mol. The van der Waals surface area contributed by atoms with Crippen LogP contribution in [0.4, 0.5) is 28.9 Å². The minimum Gasteiger partial charge on any atom is -0.343 e. The second-order valence-electron chi connectivity index (χ2n) is 6.01. The van der Waals surface area contributed by atoms with Crippen molar-refractivity contribution in [3.8, 4) is 0 Å². The average molecular weight is 492 g/mol. The topological polar surface area (TPSA) is 104 Å². The van der Waals surface area contributed by atoms with Gasteiger partial charge in [0, 0.05) is 18.9 Å². The molecule has 30 heavy (non-hydrogen) atoms. The lowest BCUT2D eigenvalue weighted by molar-refractivity contribution is -0.147. The molecular formula is C15H15Cl2F4N5O3S. The van der Waals surface area contributed by atoms with E-state index in [1.54, 1.807) is 4.83 Å². The minimum absolute atomic E-state index is 0.105. The maximum atomic E-state index is 13.2. The second-order valence-corrected chi connectivity index (χ2v) is 8.24. The fourth-order valence-electron chi connectivity index (χ4n) is 2.16. The number of carbonyl (C=O) groups is 1. The lowest BCUT2D eigenvalue weighted by atomic mass is 10.3. The fraction of sp³-hybridized carbons (Fsp3) is 0.267. The van der Waals surface area contributed by atoms with Crippen LogP contribution in [0.5, 0.6) is 0 Å². The first-order valence-electron chi connectivity index (χ1n) is 7.94. The fourth-order valence-corrected chi connectivity index (χ4v) is 3.56. The molecule has 2 aromatic rings. The van der Waals surface area contributed by atoms with Gasteiger partial charge in [-0.2, -0.15) is 26.3 Å². The molecule has 0 aliphatic carbocycles. The Kier molecular flexibility index (Phi) is 7.24. The molecular weight excluding hydrogens is 477 g/mol. The van der Waals surface area contributed by atoms with E-state index in [9.17, 15) is 30.8 Å². The molecule has 15 heteroatoms. The molecule has 0 saturated heterocycles. The van der Waals surface area contributed by atoms with Crippen LogP contribution in [0.2, 0.25) is 10.0 Å². The molecule has 0 aliphatic rings. The summed E-state index contributed by atoms with van der Waals surface area (Å²) < 4.78 is 76.8. The zero-order valence-electron chi connectivity index (χ0n) is 15.2. The molecule has 8 nitrogen and oxygen atoms in total. The third-order valence-electron chi connectivity index (χ3n) is 3.66. The number of nitrogens with one attached hydrogen (secondary N) is 4. The number of benzene rings is 1. The molecule has 1 aromatic heterocycles. The molecule has 0 fully saturated rings. The van der Waals surface area contributed by atoms with Gasteiger partial charge in [0.25, 0.3) is 16.1 Å². The number of anilines is 2. The van der Waals surface area contributed by atoms with Gasteiger partial charge < -0.3 is 15.3 Å². The first-order valence-corrected chi connectivity index (χ1v) is 10.2. The number of carbonyl (C=O) groups excluding carboxylic acids is 1. The third-order valence-corrected chi connectivity index (χ3v) is 5.36. The van der Waals surface area contributed by atoms with E-state index in [-0.39, 0.29) is 27.1 Å². The van der Waals surface area contributed by atoms with Crippen molar-refractivity contribution in [1.82, 2.24) is 14.1 Å². The molecule has 0 saturated carbocycles. The van der Waals surface area contributed by atoms with Crippen LogP contribution in [0, 0.1) is 5.82 Å². The monoisotopic (exact) mass is 491 g/mol. The molecule has 1 aromatic carbocycles. The van der Waals surface area contributed by atoms with Crippen LogP contribution >= 0.6 is 23.2 Å². The van der Waals surface area contributed by atoms with Crippen molar-refractivity contribution in [1.29, 1.82) is 0 Å². The number of rotatable bonds is 7. The Morgan fingerprint density at radius 3 is 2.43 bits per heavy atom. The van der Waals surface area contributed by atoms with Gasteiger partial charge in [-0.3, -0.25) is 4.79 Å². The first kappa shape index (κ1) is 24.2. The Bertz CT molecular complexity index is 1060.